The average molecular weight is 455 g/mol. The van der Waals surface area contributed by atoms with Gasteiger partial charge in [0.2, 0.25) is 5.91 Å². The van der Waals surface area contributed by atoms with Crippen molar-refractivity contribution in [2.75, 3.05) is 44.2 Å². The lowest BCUT2D eigenvalue weighted by atomic mass is 10.1. The van der Waals surface area contributed by atoms with E-state index < -0.39 is 11.7 Å². The molecule has 2 saturated heterocycles. The highest BCUT2D eigenvalue weighted by molar-refractivity contribution is 7.13. The molecule has 0 saturated carbocycles. The standard InChI is InChI=1S/C21H25F3N4O2S/c22-21(23,24)16-3-1-15(2-4-16)11-19(30)28-9-8-27(20-25-6-10-31-20)13-17(28)12-26-7-5-18(29)14-26/h1-4,6,10,17-18,29H,5,7-9,11-14H2/t17-,18+/m1/s1. The summed E-state index contributed by atoms with van der Waals surface area (Å²) in [5.74, 6) is -0.0942. The number of aliphatic hydroxyl groups is 1. The van der Waals surface area contributed by atoms with E-state index in [1.54, 1.807) is 17.5 Å². The Morgan fingerprint density at radius 1 is 1.16 bits per heavy atom. The van der Waals surface area contributed by atoms with Crippen LogP contribution >= 0.6 is 11.3 Å². The zero-order valence-corrected chi connectivity index (χ0v) is 17.8. The number of amides is 1. The van der Waals surface area contributed by atoms with Crippen molar-refractivity contribution >= 4 is 22.4 Å². The van der Waals surface area contributed by atoms with Crippen molar-refractivity contribution in [2.24, 2.45) is 0 Å². The highest BCUT2D eigenvalue weighted by Crippen LogP contribution is 2.29. The number of aromatic nitrogens is 1. The summed E-state index contributed by atoms with van der Waals surface area (Å²) in [6.45, 7) is 3.85. The van der Waals surface area contributed by atoms with Crippen molar-refractivity contribution in [2.45, 2.75) is 31.2 Å². The van der Waals surface area contributed by atoms with Crippen LogP contribution in [-0.4, -0.2) is 77.2 Å². The van der Waals surface area contributed by atoms with Crippen molar-refractivity contribution in [1.82, 2.24) is 14.8 Å². The Labute approximate surface area is 182 Å². The molecule has 168 valence electrons. The number of β-amino-alcohol motifs (C(OH)–C–C–N with tert-alkyl or cyclic N) is 1. The molecule has 2 aromatic rings. The first-order chi connectivity index (χ1) is 14.8. The maximum Gasteiger partial charge on any atom is 0.416 e. The zero-order chi connectivity index (χ0) is 22.0. The Morgan fingerprint density at radius 2 is 1.94 bits per heavy atom. The number of carbonyl (C=O) groups is 1. The lowest BCUT2D eigenvalue weighted by Gasteiger charge is -2.43. The molecule has 1 aromatic carbocycles. The number of carbonyl (C=O) groups excluding carboxylic acids is 1. The van der Waals surface area contributed by atoms with Crippen LogP contribution in [-0.2, 0) is 17.4 Å². The molecule has 31 heavy (non-hydrogen) atoms. The summed E-state index contributed by atoms with van der Waals surface area (Å²) in [5, 5.41) is 12.7. The molecule has 0 radical (unpaired) electrons. The van der Waals surface area contributed by atoms with E-state index in [4.69, 9.17) is 0 Å². The van der Waals surface area contributed by atoms with Crippen LogP contribution in [0.1, 0.15) is 17.5 Å². The van der Waals surface area contributed by atoms with E-state index in [9.17, 15) is 23.1 Å². The fourth-order valence-electron chi connectivity index (χ4n) is 4.25. The van der Waals surface area contributed by atoms with Gasteiger partial charge in [-0.3, -0.25) is 9.69 Å². The number of likely N-dealkylation sites (tertiary alicyclic amines) is 1. The molecule has 2 atom stereocenters. The molecule has 2 aliphatic heterocycles. The topological polar surface area (TPSA) is 59.9 Å². The van der Waals surface area contributed by atoms with Gasteiger partial charge >= 0.3 is 6.18 Å². The van der Waals surface area contributed by atoms with Gasteiger partial charge in [-0.05, 0) is 24.1 Å². The summed E-state index contributed by atoms with van der Waals surface area (Å²) in [6.07, 6.45) is -2.18. The number of halogens is 3. The quantitative estimate of drug-likeness (QED) is 0.753. The summed E-state index contributed by atoms with van der Waals surface area (Å²) in [4.78, 5) is 23.7. The summed E-state index contributed by atoms with van der Waals surface area (Å²) in [5.41, 5.74) is -0.151. The van der Waals surface area contributed by atoms with Gasteiger partial charge in [0.25, 0.3) is 0 Å². The van der Waals surface area contributed by atoms with Gasteiger partial charge in [0.05, 0.1) is 24.1 Å². The minimum absolute atomic E-state index is 0.0640. The molecule has 0 bridgehead atoms. The monoisotopic (exact) mass is 454 g/mol. The summed E-state index contributed by atoms with van der Waals surface area (Å²) >= 11 is 1.56. The number of nitrogens with zero attached hydrogens (tertiary/aromatic N) is 4. The van der Waals surface area contributed by atoms with Crippen LogP contribution in [0.2, 0.25) is 0 Å². The predicted molar refractivity (Wildman–Crippen MR) is 112 cm³/mol. The number of alkyl halides is 3. The Kier molecular flexibility index (Phi) is 6.49. The average Bonchev–Trinajstić information content (AvgIpc) is 3.40. The maximum atomic E-state index is 13.1. The number of benzene rings is 1. The van der Waals surface area contributed by atoms with Gasteiger partial charge in [-0.15, -0.1) is 11.3 Å². The maximum absolute atomic E-state index is 13.1. The zero-order valence-electron chi connectivity index (χ0n) is 17.0. The van der Waals surface area contributed by atoms with Gasteiger partial charge < -0.3 is 14.9 Å². The smallest absolute Gasteiger partial charge is 0.392 e. The first kappa shape index (κ1) is 22.0. The number of thiazole rings is 1. The molecular weight excluding hydrogens is 429 g/mol. The van der Waals surface area contributed by atoms with E-state index in [2.05, 4.69) is 14.8 Å². The molecule has 4 rings (SSSR count). The van der Waals surface area contributed by atoms with Crippen molar-refractivity contribution in [3.8, 4) is 0 Å². The van der Waals surface area contributed by atoms with Crippen molar-refractivity contribution < 1.29 is 23.1 Å². The third-order valence-corrected chi connectivity index (χ3v) is 6.68. The molecule has 6 nitrogen and oxygen atoms in total. The number of aliphatic hydroxyl groups excluding tert-OH is 1. The van der Waals surface area contributed by atoms with Gasteiger partial charge in [-0.2, -0.15) is 13.2 Å². The molecule has 1 aromatic heterocycles. The molecule has 0 unspecified atom stereocenters. The Morgan fingerprint density at radius 3 is 2.55 bits per heavy atom. The predicted octanol–water partition coefficient (Wildman–Crippen LogP) is 2.49. The number of hydrogen-bond donors (Lipinski definition) is 1. The molecular formula is C21H25F3N4O2S. The fourth-order valence-corrected chi connectivity index (χ4v) is 4.93. The first-order valence-corrected chi connectivity index (χ1v) is 11.2. The molecule has 2 fully saturated rings. The highest BCUT2D eigenvalue weighted by Gasteiger charge is 2.34. The van der Waals surface area contributed by atoms with Gasteiger partial charge in [0.1, 0.15) is 0 Å². The Hall–Kier alpha value is -2.17. The van der Waals surface area contributed by atoms with Crippen molar-refractivity contribution in [3.63, 3.8) is 0 Å². The molecule has 0 aliphatic carbocycles. The van der Waals surface area contributed by atoms with Crippen LogP contribution < -0.4 is 4.90 Å². The lowest BCUT2D eigenvalue weighted by molar-refractivity contribution is -0.137. The second kappa shape index (κ2) is 9.13. The van der Waals surface area contributed by atoms with Gasteiger partial charge in [0, 0.05) is 50.8 Å². The summed E-state index contributed by atoms with van der Waals surface area (Å²) in [7, 11) is 0. The molecule has 1 amide bonds. The minimum Gasteiger partial charge on any atom is -0.392 e. The highest BCUT2D eigenvalue weighted by atomic mass is 32.1. The van der Waals surface area contributed by atoms with E-state index in [0.29, 0.717) is 38.3 Å². The fraction of sp³-hybridized carbons (Fsp3) is 0.524. The van der Waals surface area contributed by atoms with Crippen LogP contribution in [0.15, 0.2) is 35.8 Å². The summed E-state index contributed by atoms with van der Waals surface area (Å²) < 4.78 is 38.4. The molecule has 2 aliphatic rings. The number of hydrogen-bond acceptors (Lipinski definition) is 6. The lowest BCUT2D eigenvalue weighted by Crippen LogP contribution is -2.59. The van der Waals surface area contributed by atoms with E-state index in [0.717, 1.165) is 30.2 Å². The van der Waals surface area contributed by atoms with E-state index in [1.807, 2.05) is 10.3 Å². The van der Waals surface area contributed by atoms with Crippen molar-refractivity contribution in [3.05, 3.63) is 47.0 Å². The van der Waals surface area contributed by atoms with E-state index in [-0.39, 0.29) is 24.5 Å². The van der Waals surface area contributed by atoms with Gasteiger partial charge in [-0.25, -0.2) is 4.98 Å². The van der Waals surface area contributed by atoms with Crippen LogP contribution in [0.25, 0.3) is 0 Å². The molecule has 0 spiro atoms. The number of rotatable bonds is 5. The third-order valence-electron chi connectivity index (χ3n) is 5.85. The summed E-state index contributed by atoms with van der Waals surface area (Å²) in [6, 6.07) is 4.71. The largest absolute Gasteiger partial charge is 0.416 e. The van der Waals surface area contributed by atoms with Crippen LogP contribution in [0.3, 0.4) is 0 Å². The van der Waals surface area contributed by atoms with Gasteiger partial charge in [0.15, 0.2) is 5.13 Å². The van der Waals surface area contributed by atoms with E-state index >= 15 is 0 Å². The minimum atomic E-state index is -4.39. The second-order valence-electron chi connectivity index (χ2n) is 8.08. The van der Waals surface area contributed by atoms with Crippen LogP contribution in [0.4, 0.5) is 18.3 Å². The molecule has 10 heteroatoms. The Balaban J connectivity index is 1.45. The van der Waals surface area contributed by atoms with Gasteiger partial charge in [-0.1, -0.05) is 12.1 Å². The second-order valence-corrected chi connectivity index (χ2v) is 8.95. The van der Waals surface area contributed by atoms with Crippen LogP contribution in [0, 0.1) is 0 Å². The normalized spacial score (nSPS) is 22.8. The van der Waals surface area contributed by atoms with Crippen LogP contribution in [0.5, 0.6) is 0 Å². The SMILES string of the molecule is O=C(Cc1ccc(C(F)(F)F)cc1)N1CCN(c2nccs2)C[C@H]1CN1CC[C@H](O)C1. The first-order valence-electron chi connectivity index (χ1n) is 10.3. The number of anilines is 1. The van der Waals surface area contributed by atoms with Crippen molar-refractivity contribution in [1.29, 1.82) is 0 Å². The Bertz CT molecular complexity index is 876. The molecule has 1 N–H and O–H groups in total. The number of piperazine rings is 1. The molecule has 3 heterocycles. The van der Waals surface area contributed by atoms with E-state index in [1.165, 1.54) is 12.1 Å². The third kappa shape index (κ3) is 5.36.